The number of alkyl halides is 3. The van der Waals surface area contributed by atoms with Crippen LogP contribution in [-0.4, -0.2) is 16.1 Å². The Morgan fingerprint density at radius 3 is 2.44 bits per heavy atom. The number of halogens is 4. The predicted octanol–water partition coefficient (Wildman–Crippen LogP) is 5.37. The number of rotatable bonds is 6. The van der Waals surface area contributed by atoms with Gasteiger partial charge < -0.3 is 9.47 Å². The lowest BCUT2D eigenvalue weighted by Crippen LogP contribution is -2.17. The summed E-state index contributed by atoms with van der Waals surface area (Å²) in [6.07, 6.45) is -3.13. The van der Waals surface area contributed by atoms with E-state index in [-0.39, 0.29) is 18.9 Å². The zero-order chi connectivity index (χ0) is 19.4. The van der Waals surface area contributed by atoms with Crippen molar-refractivity contribution in [3.05, 3.63) is 76.6 Å². The van der Waals surface area contributed by atoms with Crippen LogP contribution in [0.5, 0.6) is 11.5 Å². The van der Waals surface area contributed by atoms with Crippen molar-refractivity contribution < 1.29 is 22.6 Å². The second kappa shape index (κ2) is 7.92. The van der Waals surface area contributed by atoms with Gasteiger partial charge in [0.1, 0.15) is 18.1 Å². The Bertz CT molecular complexity index is 908. The van der Waals surface area contributed by atoms with Gasteiger partial charge in [-0.3, -0.25) is 4.68 Å². The number of hydrogen-bond acceptors (Lipinski definition) is 3. The highest BCUT2D eigenvalue weighted by Gasteiger charge is 2.31. The van der Waals surface area contributed by atoms with Gasteiger partial charge in [-0.1, -0.05) is 23.7 Å². The summed E-state index contributed by atoms with van der Waals surface area (Å²) >= 11 is 5.86. The van der Waals surface area contributed by atoms with Crippen molar-refractivity contribution in [2.45, 2.75) is 26.4 Å². The standard InChI is InChI=1S/C19H16ClF3N2O2/c1-13-8-9-24-25(13)11-15-10-17(27-19(21,22)23)6-7-18(15)26-12-14-2-4-16(20)5-3-14/h2-10H,11-12H2,1H3. The molecule has 3 rings (SSSR count). The van der Waals surface area contributed by atoms with Crippen molar-refractivity contribution in [2.24, 2.45) is 0 Å². The maximum atomic E-state index is 12.5. The number of nitrogens with zero attached hydrogens (tertiary/aromatic N) is 2. The van der Waals surface area contributed by atoms with Gasteiger partial charge in [0, 0.05) is 22.5 Å². The van der Waals surface area contributed by atoms with Gasteiger partial charge in [0.25, 0.3) is 0 Å². The monoisotopic (exact) mass is 396 g/mol. The van der Waals surface area contributed by atoms with Gasteiger partial charge in [-0.25, -0.2) is 0 Å². The van der Waals surface area contributed by atoms with Crippen LogP contribution in [0.15, 0.2) is 54.7 Å². The van der Waals surface area contributed by atoms with Gasteiger partial charge in [-0.15, -0.1) is 13.2 Å². The maximum absolute atomic E-state index is 12.5. The van der Waals surface area contributed by atoms with Crippen LogP contribution in [0.4, 0.5) is 13.2 Å². The van der Waals surface area contributed by atoms with Crippen molar-refractivity contribution in [3.63, 3.8) is 0 Å². The van der Waals surface area contributed by atoms with Crippen molar-refractivity contribution in [1.82, 2.24) is 9.78 Å². The fourth-order valence-corrected chi connectivity index (χ4v) is 2.61. The van der Waals surface area contributed by atoms with Gasteiger partial charge in [-0.2, -0.15) is 5.10 Å². The quantitative estimate of drug-likeness (QED) is 0.562. The highest BCUT2D eigenvalue weighted by molar-refractivity contribution is 6.30. The summed E-state index contributed by atoms with van der Waals surface area (Å²) in [6.45, 7) is 2.36. The van der Waals surface area contributed by atoms with E-state index in [0.29, 0.717) is 16.3 Å². The van der Waals surface area contributed by atoms with E-state index in [1.807, 2.05) is 25.1 Å². The minimum Gasteiger partial charge on any atom is -0.489 e. The predicted molar refractivity (Wildman–Crippen MR) is 95.0 cm³/mol. The van der Waals surface area contributed by atoms with E-state index < -0.39 is 6.36 Å². The molecule has 0 aliphatic carbocycles. The summed E-state index contributed by atoms with van der Waals surface area (Å²) in [7, 11) is 0. The molecular weight excluding hydrogens is 381 g/mol. The third kappa shape index (κ3) is 5.40. The first-order valence-electron chi connectivity index (χ1n) is 8.04. The third-order valence-electron chi connectivity index (χ3n) is 3.82. The lowest BCUT2D eigenvalue weighted by molar-refractivity contribution is -0.274. The van der Waals surface area contributed by atoms with Gasteiger partial charge in [0.05, 0.1) is 6.54 Å². The summed E-state index contributed by atoms with van der Waals surface area (Å²) in [6, 6.07) is 12.9. The molecule has 27 heavy (non-hydrogen) atoms. The minimum absolute atomic E-state index is 0.252. The van der Waals surface area contributed by atoms with Crippen molar-refractivity contribution in [1.29, 1.82) is 0 Å². The fraction of sp³-hybridized carbons (Fsp3) is 0.211. The van der Waals surface area contributed by atoms with E-state index >= 15 is 0 Å². The zero-order valence-electron chi connectivity index (χ0n) is 14.3. The van der Waals surface area contributed by atoms with E-state index in [9.17, 15) is 13.2 Å². The minimum atomic E-state index is -4.76. The summed E-state index contributed by atoms with van der Waals surface area (Å²) in [5.41, 5.74) is 2.29. The lowest BCUT2D eigenvalue weighted by Gasteiger charge is -2.15. The Morgan fingerprint density at radius 2 is 1.81 bits per heavy atom. The van der Waals surface area contributed by atoms with Crippen LogP contribution < -0.4 is 9.47 Å². The molecule has 0 saturated carbocycles. The SMILES string of the molecule is Cc1ccnn1Cc1cc(OC(F)(F)F)ccc1OCc1ccc(Cl)cc1. The molecule has 0 aliphatic heterocycles. The van der Waals surface area contributed by atoms with Gasteiger partial charge in [0.15, 0.2) is 0 Å². The Balaban J connectivity index is 1.84. The summed E-state index contributed by atoms with van der Waals surface area (Å²) in [5.74, 6) is 0.149. The molecule has 0 radical (unpaired) electrons. The molecule has 0 fully saturated rings. The topological polar surface area (TPSA) is 36.3 Å². The molecule has 4 nitrogen and oxygen atoms in total. The van der Waals surface area contributed by atoms with E-state index in [0.717, 1.165) is 11.3 Å². The molecular formula is C19H16ClF3N2O2. The number of benzene rings is 2. The maximum Gasteiger partial charge on any atom is 0.573 e. The third-order valence-corrected chi connectivity index (χ3v) is 4.07. The molecule has 8 heteroatoms. The van der Waals surface area contributed by atoms with Gasteiger partial charge in [0.2, 0.25) is 0 Å². The summed E-state index contributed by atoms with van der Waals surface area (Å²) in [5, 5.41) is 4.78. The molecule has 0 atom stereocenters. The van der Waals surface area contributed by atoms with Crippen LogP contribution in [0.3, 0.4) is 0 Å². The van der Waals surface area contributed by atoms with Crippen LogP contribution in [0.1, 0.15) is 16.8 Å². The highest BCUT2D eigenvalue weighted by atomic mass is 35.5. The van der Waals surface area contributed by atoms with Crippen molar-refractivity contribution in [2.75, 3.05) is 0 Å². The molecule has 3 aromatic rings. The van der Waals surface area contributed by atoms with E-state index in [2.05, 4.69) is 9.84 Å². The molecule has 2 aromatic carbocycles. The van der Waals surface area contributed by atoms with E-state index in [1.54, 1.807) is 23.0 Å². The molecule has 142 valence electrons. The number of ether oxygens (including phenoxy) is 2. The Kier molecular flexibility index (Phi) is 5.60. The van der Waals surface area contributed by atoms with E-state index in [1.165, 1.54) is 18.2 Å². The normalized spacial score (nSPS) is 11.4. The first-order valence-corrected chi connectivity index (χ1v) is 8.42. The molecule has 0 amide bonds. The Hall–Kier alpha value is -2.67. The zero-order valence-corrected chi connectivity index (χ0v) is 15.1. The fourth-order valence-electron chi connectivity index (χ4n) is 2.48. The molecule has 0 spiro atoms. The largest absolute Gasteiger partial charge is 0.573 e. The van der Waals surface area contributed by atoms with E-state index in [4.69, 9.17) is 16.3 Å². The number of aryl methyl sites for hydroxylation is 1. The molecule has 1 aromatic heterocycles. The Labute approximate surface area is 159 Å². The second-order valence-corrected chi connectivity index (χ2v) is 6.30. The average Bonchev–Trinajstić information content (AvgIpc) is 2.99. The van der Waals surface area contributed by atoms with Gasteiger partial charge >= 0.3 is 6.36 Å². The van der Waals surface area contributed by atoms with Crippen LogP contribution in [0.25, 0.3) is 0 Å². The molecule has 0 saturated heterocycles. The van der Waals surface area contributed by atoms with Gasteiger partial charge in [-0.05, 0) is 48.9 Å². The van der Waals surface area contributed by atoms with Crippen LogP contribution in [0.2, 0.25) is 5.02 Å². The Morgan fingerprint density at radius 1 is 1.07 bits per heavy atom. The second-order valence-electron chi connectivity index (χ2n) is 5.86. The molecule has 1 heterocycles. The number of aromatic nitrogens is 2. The molecule has 0 N–H and O–H groups in total. The smallest absolute Gasteiger partial charge is 0.489 e. The highest BCUT2D eigenvalue weighted by Crippen LogP contribution is 2.30. The van der Waals surface area contributed by atoms with Crippen molar-refractivity contribution in [3.8, 4) is 11.5 Å². The molecule has 0 unspecified atom stereocenters. The average molecular weight is 397 g/mol. The van der Waals surface area contributed by atoms with Crippen molar-refractivity contribution >= 4 is 11.6 Å². The molecule has 0 aliphatic rings. The van der Waals surface area contributed by atoms with Crippen LogP contribution in [0, 0.1) is 6.92 Å². The summed E-state index contributed by atoms with van der Waals surface area (Å²) in [4.78, 5) is 0. The number of hydrogen-bond donors (Lipinski definition) is 0. The summed E-state index contributed by atoms with van der Waals surface area (Å²) < 4.78 is 49.1. The van der Waals surface area contributed by atoms with Crippen LogP contribution in [-0.2, 0) is 13.2 Å². The lowest BCUT2D eigenvalue weighted by atomic mass is 10.1. The van der Waals surface area contributed by atoms with Crippen LogP contribution >= 0.6 is 11.6 Å². The first-order chi connectivity index (χ1) is 12.8. The first kappa shape index (κ1) is 19.1. The molecule has 0 bridgehead atoms.